The third-order valence-corrected chi connectivity index (χ3v) is 3.22. The maximum absolute atomic E-state index is 11.2. The van der Waals surface area contributed by atoms with Crippen molar-refractivity contribution in [3.05, 3.63) is 23.8 Å². The molecule has 0 atom stereocenters. The van der Waals surface area contributed by atoms with Crippen LogP contribution in [0, 0.1) is 0 Å². The molecule has 5 heteroatoms. The summed E-state index contributed by atoms with van der Waals surface area (Å²) in [6.45, 7) is 0. The number of carbonyl (C=O) groups is 1. The second-order valence-corrected chi connectivity index (χ2v) is 4.17. The number of fused-ring (bicyclic) bond motifs is 1. The fourth-order valence-corrected chi connectivity index (χ4v) is 2.16. The molecule has 3 N–H and O–H groups in total. The lowest BCUT2D eigenvalue weighted by Gasteiger charge is -2.16. The van der Waals surface area contributed by atoms with Gasteiger partial charge in [-0.05, 0) is 12.1 Å². The minimum absolute atomic E-state index is 0.0247. The molecule has 0 bridgehead atoms. The number of nitrogens with one attached hydrogen (secondary N) is 1. The first-order valence-electron chi connectivity index (χ1n) is 4.50. The number of anilines is 1. The highest BCUT2D eigenvalue weighted by Crippen LogP contribution is 2.31. The van der Waals surface area contributed by atoms with Crippen LogP contribution in [0.15, 0.2) is 28.1 Å². The molecule has 0 spiro atoms. The van der Waals surface area contributed by atoms with E-state index in [9.17, 15) is 4.79 Å². The van der Waals surface area contributed by atoms with Gasteiger partial charge in [-0.3, -0.25) is 9.79 Å². The predicted molar refractivity (Wildman–Crippen MR) is 62.4 cm³/mol. The van der Waals surface area contributed by atoms with Crippen molar-refractivity contribution in [1.29, 1.82) is 0 Å². The third kappa shape index (κ3) is 1.97. The zero-order valence-electron chi connectivity index (χ0n) is 8.28. The van der Waals surface area contributed by atoms with Crippen LogP contribution in [0.1, 0.15) is 5.56 Å². The lowest BCUT2D eigenvalue weighted by Crippen LogP contribution is -2.20. The number of nitrogens with zero attached hydrogens (tertiary/aromatic N) is 1. The van der Waals surface area contributed by atoms with E-state index in [-0.39, 0.29) is 5.91 Å². The Hall–Kier alpha value is -1.49. The SMILES string of the molecule is CN=C(N)c1ccc2c(c1)NC(=O)CS2. The van der Waals surface area contributed by atoms with Crippen molar-refractivity contribution in [2.75, 3.05) is 18.1 Å². The molecular weight excluding hydrogens is 210 g/mol. The van der Waals surface area contributed by atoms with Gasteiger partial charge in [-0.15, -0.1) is 11.8 Å². The van der Waals surface area contributed by atoms with E-state index in [4.69, 9.17) is 5.73 Å². The van der Waals surface area contributed by atoms with E-state index >= 15 is 0 Å². The third-order valence-electron chi connectivity index (χ3n) is 2.15. The van der Waals surface area contributed by atoms with Gasteiger partial charge in [0.1, 0.15) is 5.84 Å². The lowest BCUT2D eigenvalue weighted by atomic mass is 10.2. The van der Waals surface area contributed by atoms with Crippen LogP contribution < -0.4 is 11.1 Å². The van der Waals surface area contributed by atoms with Crippen molar-refractivity contribution in [3.8, 4) is 0 Å². The van der Waals surface area contributed by atoms with Crippen LogP contribution in [-0.2, 0) is 4.79 Å². The molecule has 0 saturated carbocycles. The first-order valence-corrected chi connectivity index (χ1v) is 5.48. The van der Waals surface area contributed by atoms with Gasteiger partial charge >= 0.3 is 0 Å². The Morgan fingerprint density at radius 2 is 2.40 bits per heavy atom. The summed E-state index contributed by atoms with van der Waals surface area (Å²) in [5, 5.41) is 2.81. The number of thioether (sulfide) groups is 1. The van der Waals surface area contributed by atoms with Crippen LogP contribution >= 0.6 is 11.8 Å². The minimum Gasteiger partial charge on any atom is -0.384 e. The van der Waals surface area contributed by atoms with Crippen LogP contribution in [0.25, 0.3) is 0 Å². The molecule has 0 radical (unpaired) electrons. The average Bonchev–Trinajstić information content (AvgIpc) is 2.27. The molecule has 15 heavy (non-hydrogen) atoms. The highest BCUT2D eigenvalue weighted by molar-refractivity contribution is 8.00. The number of rotatable bonds is 1. The summed E-state index contributed by atoms with van der Waals surface area (Å²) in [6, 6.07) is 5.71. The summed E-state index contributed by atoms with van der Waals surface area (Å²) in [5.74, 6) is 0.975. The highest BCUT2D eigenvalue weighted by Gasteiger charge is 2.15. The zero-order chi connectivity index (χ0) is 10.8. The number of nitrogens with two attached hydrogens (primary N) is 1. The van der Waals surface area contributed by atoms with Gasteiger partial charge in [0, 0.05) is 17.5 Å². The quantitative estimate of drug-likeness (QED) is 0.550. The van der Waals surface area contributed by atoms with Crippen LogP contribution in [0.2, 0.25) is 0 Å². The minimum atomic E-state index is 0.0247. The molecule has 78 valence electrons. The van der Waals surface area contributed by atoms with Crippen molar-refractivity contribution >= 4 is 29.2 Å². The molecule has 4 nitrogen and oxygen atoms in total. The van der Waals surface area contributed by atoms with E-state index in [1.54, 1.807) is 7.05 Å². The Labute approximate surface area is 92.0 Å². The number of amides is 1. The number of aliphatic imine (C=N–C) groups is 1. The van der Waals surface area contributed by atoms with Gasteiger partial charge in [0.15, 0.2) is 0 Å². The standard InChI is InChI=1S/C10H11N3OS/c1-12-10(11)6-2-3-8-7(4-6)13-9(14)5-15-8/h2-4H,5H2,1H3,(H2,11,12)(H,13,14). The van der Waals surface area contributed by atoms with Crippen molar-refractivity contribution in [3.63, 3.8) is 0 Å². The van der Waals surface area contributed by atoms with Gasteiger partial charge in [-0.2, -0.15) is 0 Å². The van der Waals surface area contributed by atoms with E-state index in [0.29, 0.717) is 11.6 Å². The summed E-state index contributed by atoms with van der Waals surface area (Å²) in [5.41, 5.74) is 7.34. The summed E-state index contributed by atoms with van der Waals surface area (Å²) >= 11 is 1.53. The van der Waals surface area contributed by atoms with E-state index in [1.165, 1.54) is 11.8 Å². The molecule has 1 aromatic rings. The summed E-state index contributed by atoms with van der Waals surface area (Å²) < 4.78 is 0. The van der Waals surface area contributed by atoms with E-state index in [2.05, 4.69) is 10.3 Å². The van der Waals surface area contributed by atoms with Crippen LogP contribution in [-0.4, -0.2) is 24.5 Å². The number of hydrogen-bond acceptors (Lipinski definition) is 3. The van der Waals surface area contributed by atoms with Gasteiger partial charge < -0.3 is 11.1 Å². The van der Waals surface area contributed by atoms with Crippen molar-refractivity contribution in [2.45, 2.75) is 4.90 Å². The molecule has 1 aliphatic heterocycles. The number of hydrogen-bond donors (Lipinski definition) is 2. The normalized spacial score (nSPS) is 15.8. The van der Waals surface area contributed by atoms with Crippen molar-refractivity contribution in [1.82, 2.24) is 0 Å². The Kier molecular flexibility index (Phi) is 2.64. The maximum atomic E-state index is 11.2. The summed E-state index contributed by atoms with van der Waals surface area (Å²) in [6.07, 6.45) is 0. The first-order chi connectivity index (χ1) is 7.20. The van der Waals surface area contributed by atoms with Gasteiger partial charge in [-0.25, -0.2) is 0 Å². The summed E-state index contributed by atoms with van der Waals surface area (Å²) in [4.78, 5) is 16.2. The van der Waals surface area contributed by atoms with Gasteiger partial charge in [0.05, 0.1) is 11.4 Å². The number of carbonyl (C=O) groups excluding carboxylic acids is 1. The maximum Gasteiger partial charge on any atom is 0.234 e. The molecule has 0 aromatic heterocycles. The van der Waals surface area contributed by atoms with Gasteiger partial charge in [-0.1, -0.05) is 6.07 Å². The molecule has 1 aromatic carbocycles. The second kappa shape index (κ2) is 3.94. The second-order valence-electron chi connectivity index (χ2n) is 3.16. The molecule has 1 heterocycles. The molecule has 0 aliphatic carbocycles. The lowest BCUT2D eigenvalue weighted by molar-refractivity contribution is -0.113. The molecule has 0 fully saturated rings. The molecule has 0 saturated heterocycles. The molecular formula is C10H11N3OS. The van der Waals surface area contributed by atoms with Crippen LogP contribution in [0.3, 0.4) is 0 Å². The number of amidine groups is 1. The average molecular weight is 221 g/mol. The Bertz CT molecular complexity index is 442. The van der Waals surface area contributed by atoms with Crippen molar-refractivity contribution in [2.24, 2.45) is 10.7 Å². The monoisotopic (exact) mass is 221 g/mol. The molecule has 0 unspecified atom stereocenters. The fourth-order valence-electron chi connectivity index (χ4n) is 1.37. The largest absolute Gasteiger partial charge is 0.384 e. The smallest absolute Gasteiger partial charge is 0.234 e. The van der Waals surface area contributed by atoms with E-state index < -0.39 is 0 Å². The topological polar surface area (TPSA) is 67.5 Å². The van der Waals surface area contributed by atoms with E-state index in [0.717, 1.165) is 16.1 Å². The first kappa shape index (κ1) is 10.0. The molecule has 2 rings (SSSR count). The highest BCUT2D eigenvalue weighted by atomic mass is 32.2. The van der Waals surface area contributed by atoms with Crippen LogP contribution in [0.4, 0.5) is 5.69 Å². The Morgan fingerprint density at radius 1 is 1.60 bits per heavy atom. The Morgan fingerprint density at radius 3 is 3.13 bits per heavy atom. The van der Waals surface area contributed by atoms with Gasteiger partial charge in [0.2, 0.25) is 5.91 Å². The fraction of sp³-hybridized carbons (Fsp3) is 0.200. The molecule has 1 amide bonds. The summed E-state index contributed by atoms with van der Waals surface area (Å²) in [7, 11) is 1.64. The van der Waals surface area contributed by atoms with E-state index in [1.807, 2.05) is 18.2 Å². The predicted octanol–water partition coefficient (Wildman–Crippen LogP) is 1.07. The molecule has 1 aliphatic rings. The Balaban J connectivity index is 2.41. The van der Waals surface area contributed by atoms with Crippen molar-refractivity contribution < 1.29 is 4.79 Å². The van der Waals surface area contributed by atoms with Crippen LogP contribution in [0.5, 0.6) is 0 Å². The zero-order valence-corrected chi connectivity index (χ0v) is 9.10. The number of benzene rings is 1. The van der Waals surface area contributed by atoms with Gasteiger partial charge in [0.25, 0.3) is 0 Å².